The van der Waals surface area contributed by atoms with Crippen LogP contribution in [0.4, 0.5) is 0 Å². The van der Waals surface area contributed by atoms with E-state index in [1.807, 2.05) is 11.8 Å². The fourth-order valence-corrected chi connectivity index (χ4v) is 3.12. The fraction of sp³-hybridized carbons (Fsp3) is 0.909. The number of alkyl halides is 2. The van der Waals surface area contributed by atoms with Crippen LogP contribution in [0.2, 0.25) is 0 Å². The first kappa shape index (κ1) is 12.5. The lowest BCUT2D eigenvalue weighted by Gasteiger charge is -2.34. The summed E-state index contributed by atoms with van der Waals surface area (Å²) in [6.07, 6.45) is 2.71. The van der Waals surface area contributed by atoms with Crippen molar-refractivity contribution in [1.82, 2.24) is 4.90 Å². The number of likely N-dealkylation sites (tertiary alicyclic amines) is 1. The molecule has 2 atom stereocenters. The molecule has 1 heterocycles. The molecule has 2 N–H and O–H groups in total. The third-order valence-electron chi connectivity index (χ3n) is 3.87. The van der Waals surface area contributed by atoms with E-state index >= 15 is 0 Å². The smallest absolute Gasteiger partial charge is 0.231 e. The van der Waals surface area contributed by atoms with Gasteiger partial charge in [0.1, 0.15) is 4.33 Å². The highest BCUT2D eigenvalue weighted by atomic mass is 35.5. The number of hydrogen-bond acceptors (Lipinski definition) is 2. The predicted molar refractivity (Wildman–Crippen MR) is 65.5 cm³/mol. The Balaban J connectivity index is 2.01. The standard InChI is InChI=1S/C11H18Cl2N2O/c1-10(7-11(10,12)13)9(16)15-4-2-3-8(5-14)6-15/h8H,2-7,14H2,1H3/t8-,10-/m1/s1. The van der Waals surface area contributed by atoms with Gasteiger partial charge in [-0.15, -0.1) is 23.2 Å². The van der Waals surface area contributed by atoms with Gasteiger partial charge in [-0.25, -0.2) is 0 Å². The number of piperidine rings is 1. The lowest BCUT2D eigenvalue weighted by atomic mass is 9.96. The van der Waals surface area contributed by atoms with Crippen LogP contribution in [0.25, 0.3) is 0 Å². The molecule has 5 heteroatoms. The Morgan fingerprint density at radius 1 is 1.56 bits per heavy atom. The maximum Gasteiger partial charge on any atom is 0.231 e. The maximum absolute atomic E-state index is 12.3. The van der Waals surface area contributed by atoms with E-state index in [0.29, 0.717) is 18.9 Å². The SMILES string of the molecule is C[C@]1(C(=O)N2CCC[C@H](CN)C2)CC1(Cl)Cl. The van der Waals surface area contributed by atoms with Crippen molar-refractivity contribution in [3.63, 3.8) is 0 Å². The van der Waals surface area contributed by atoms with Crippen LogP contribution in [0.5, 0.6) is 0 Å². The average Bonchev–Trinajstić information content (AvgIpc) is 2.78. The van der Waals surface area contributed by atoms with E-state index in [4.69, 9.17) is 28.9 Å². The summed E-state index contributed by atoms with van der Waals surface area (Å²) >= 11 is 12.1. The second-order valence-corrected chi connectivity index (χ2v) is 6.69. The van der Waals surface area contributed by atoms with E-state index in [0.717, 1.165) is 25.9 Å². The van der Waals surface area contributed by atoms with Gasteiger partial charge in [-0.2, -0.15) is 0 Å². The molecular weight excluding hydrogens is 247 g/mol. The first-order chi connectivity index (χ1) is 7.40. The average molecular weight is 265 g/mol. The molecular formula is C11H18Cl2N2O. The topological polar surface area (TPSA) is 46.3 Å². The maximum atomic E-state index is 12.3. The van der Waals surface area contributed by atoms with E-state index < -0.39 is 9.75 Å². The molecule has 0 aromatic rings. The summed E-state index contributed by atoms with van der Waals surface area (Å²) in [6, 6.07) is 0. The summed E-state index contributed by atoms with van der Waals surface area (Å²) in [5.74, 6) is 0.524. The van der Waals surface area contributed by atoms with Gasteiger partial charge in [0.2, 0.25) is 5.91 Å². The Hall–Kier alpha value is 0.01000. The Labute approximate surface area is 106 Å². The Bertz CT molecular complexity index is 308. The zero-order valence-electron chi connectivity index (χ0n) is 9.51. The first-order valence-corrected chi connectivity index (χ1v) is 6.53. The quantitative estimate of drug-likeness (QED) is 0.773. The first-order valence-electron chi connectivity index (χ1n) is 5.78. The van der Waals surface area contributed by atoms with E-state index in [9.17, 15) is 4.79 Å². The van der Waals surface area contributed by atoms with Gasteiger partial charge in [0.15, 0.2) is 0 Å². The van der Waals surface area contributed by atoms with Crippen molar-refractivity contribution >= 4 is 29.1 Å². The van der Waals surface area contributed by atoms with Gasteiger partial charge >= 0.3 is 0 Å². The van der Waals surface area contributed by atoms with E-state index in [2.05, 4.69) is 0 Å². The molecule has 0 aromatic heterocycles. The van der Waals surface area contributed by atoms with E-state index in [-0.39, 0.29) is 5.91 Å². The van der Waals surface area contributed by atoms with Gasteiger partial charge in [0.25, 0.3) is 0 Å². The molecule has 0 unspecified atom stereocenters. The van der Waals surface area contributed by atoms with Gasteiger partial charge < -0.3 is 10.6 Å². The fourth-order valence-electron chi connectivity index (χ4n) is 2.42. The number of carbonyl (C=O) groups is 1. The van der Waals surface area contributed by atoms with Gasteiger partial charge in [-0.3, -0.25) is 4.79 Å². The lowest BCUT2D eigenvalue weighted by molar-refractivity contribution is -0.138. The lowest BCUT2D eigenvalue weighted by Crippen LogP contribution is -2.45. The molecule has 0 aromatic carbocycles. The van der Waals surface area contributed by atoms with Crippen molar-refractivity contribution in [2.24, 2.45) is 17.1 Å². The third kappa shape index (κ3) is 1.93. The van der Waals surface area contributed by atoms with Gasteiger partial charge in [0, 0.05) is 13.1 Å². The van der Waals surface area contributed by atoms with Crippen LogP contribution >= 0.6 is 23.2 Å². The summed E-state index contributed by atoms with van der Waals surface area (Å²) in [5.41, 5.74) is 5.08. The highest BCUT2D eigenvalue weighted by Gasteiger charge is 2.68. The molecule has 3 nitrogen and oxygen atoms in total. The van der Waals surface area contributed by atoms with Crippen LogP contribution in [0, 0.1) is 11.3 Å². The number of nitrogens with two attached hydrogens (primary N) is 1. The monoisotopic (exact) mass is 264 g/mol. The number of hydrogen-bond donors (Lipinski definition) is 1. The molecule has 2 aliphatic rings. The van der Waals surface area contributed by atoms with Crippen molar-refractivity contribution in [2.45, 2.75) is 30.5 Å². The number of carbonyl (C=O) groups excluding carboxylic acids is 1. The summed E-state index contributed by atoms with van der Waals surface area (Å²) in [7, 11) is 0. The molecule has 1 amide bonds. The van der Waals surface area contributed by atoms with Crippen molar-refractivity contribution < 1.29 is 4.79 Å². The van der Waals surface area contributed by atoms with E-state index in [1.165, 1.54) is 0 Å². The number of rotatable bonds is 2. The van der Waals surface area contributed by atoms with Crippen molar-refractivity contribution in [3.05, 3.63) is 0 Å². The molecule has 0 spiro atoms. The molecule has 1 saturated carbocycles. The number of nitrogens with zero attached hydrogens (tertiary/aromatic N) is 1. The minimum absolute atomic E-state index is 0.0932. The second-order valence-electron chi connectivity index (χ2n) is 5.21. The summed E-state index contributed by atoms with van der Waals surface area (Å²) in [5, 5.41) is 0. The molecule has 0 radical (unpaired) electrons. The third-order valence-corrected chi connectivity index (χ3v) is 4.97. The highest BCUT2D eigenvalue weighted by Crippen LogP contribution is 2.64. The molecule has 1 aliphatic carbocycles. The normalized spacial score (nSPS) is 37.2. The van der Waals surface area contributed by atoms with Crippen molar-refractivity contribution in [1.29, 1.82) is 0 Å². The van der Waals surface area contributed by atoms with Gasteiger partial charge in [0.05, 0.1) is 5.41 Å². The molecule has 92 valence electrons. The molecule has 2 rings (SSSR count). The molecule has 1 saturated heterocycles. The zero-order chi connectivity index (χ0) is 12.0. The van der Waals surface area contributed by atoms with Gasteiger partial charge in [-0.1, -0.05) is 0 Å². The van der Waals surface area contributed by atoms with Gasteiger partial charge in [-0.05, 0) is 38.6 Å². The number of amides is 1. The minimum Gasteiger partial charge on any atom is -0.342 e. The number of halogens is 2. The van der Waals surface area contributed by atoms with Crippen LogP contribution in [-0.2, 0) is 4.79 Å². The molecule has 0 bridgehead atoms. The summed E-state index contributed by atoms with van der Waals surface area (Å²) in [6.45, 7) is 4.07. The highest BCUT2D eigenvalue weighted by molar-refractivity contribution is 6.53. The van der Waals surface area contributed by atoms with Crippen molar-refractivity contribution in [2.75, 3.05) is 19.6 Å². The van der Waals surface area contributed by atoms with Crippen LogP contribution in [0.15, 0.2) is 0 Å². The Kier molecular flexibility index (Phi) is 3.15. The molecule has 1 aliphatic heterocycles. The molecule has 2 fully saturated rings. The predicted octanol–water partition coefficient (Wildman–Crippen LogP) is 1.77. The van der Waals surface area contributed by atoms with Crippen LogP contribution in [0.1, 0.15) is 26.2 Å². The van der Waals surface area contributed by atoms with Crippen LogP contribution in [0.3, 0.4) is 0 Å². The largest absolute Gasteiger partial charge is 0.342 e. The Morgan fingerprint density at radius 2 is 2.19 bits per heavy atom. The zero-order valence-corrected chi connectivity index (χ0v) is 11.0. The molecule has 16 heavy (non-hydrogen) atoms. The summed E-state index contributed by atoms with van der Waals surface area (Å²) in [4.78, 5) is 14.2. The van der Waals surface area contributed by atoms with Crippen LogP contribution in [-0.4, -0.2) is 34.8 Å². The van der Waals surface area contributed by atoms with Crippen LogP contribution < -0.4 is 5.73 Å². The van der Waals surface area contributed by atoms with Crippen molar-refractivity contribution in [3.8, 4) is 0 Å². The van der Waals surface area contributed by atoms with E-state index in [1.54, 1.807) is 0 Å². The summed E-state index contributed by atoms with van der Waals surface area (Å²) < 4.78 is -0.861. The second kappa shape index (κ2) is 4.04. The minimum atomic E-state index is -0.861. The Morgan fingerprint density at radius 3 is 2.69 bits per heavy atom.